The Balaban J connectivity index is -0.00000288. The van der Waals surface area contributed by atoms with Gasteiger partial charge in [-0.15, -0.1) is 0 Å². The molecule has 148 valence electrons. The number of carbonyl (C=O) groups is 2. The van der Waals surface area contributed by atoms with E-state index in [9.17, 15) is 9.59 Å². The zero-order valence-electron chi connectivity index (χ0n) is 18.4. The Bertz CT molecular complexity index is 378. The van der Waals surface area contributed by atoms with Gasteiger partial charge >= 0.3 is 35.5 Å². The largest absolute Gasteiger partial charge is 1.00 e. The van der Waals surface area contributed by atoms with Gasteiger partial charge in [0.15, 0.2) is 0 Å². The zero-order valence-corrected chi connectivity index (χ0v) is 19.4. The number of rotatable bonds is 17. The summed E-state index contributed by atoms with van der Waals surface area (Å²) < 4.78 is 0. The second-order valence-corrected chi connectivity index (χ2v) is 6.96. The van der Waals surface area contributed by atoms with E-state index < -0.39 is 12.0 Å². The normalized spacial score (nSPS) is 11.9. The van der Waals surface area contributed by atoms with E-state index in [0.29, 0.717) is 6.42 Å². The topological polar surface area (TPSA) is 66.4 Å². The van der Waals surface area contributed by atoms with Gasteiger partial charge in [-0.1, -0.05) is 70.4 Å². The molecule has 26 heavy (non-hydrogen) atoms. The van der Waals surface area contributed by atoms with Crippen LogP contribution < -0.4 is 34.9 Å². The summed E-state index contributed by atoms with van der Waals surface area (Å²) in [7, 11) is 0. The van der Waals surface area contributed by atoms with Crippen molar-refractivity contribution < 1.29 is 45.7 Å². The Hall–Kier alpha value is -0.320. The minimum atomic E-state index is -0.988. The first-order valence-corrected chi connectivity index (χ1v) is 10.2. The van der Waals surface area contributed by atoms with Gasteiger partial charge in [0.25, 0.3) is 0 Å². The monoisotopic (exact) mass is 377 g/mol. The standard InChI is InChI=1S/C21H39NO3.Na.H/c1-3-4-5-6-7-8-9-10-11-12-13-14-15-16-17-18-20(23)22-19(2)21(24)25;;/h10-11,19H,3-9,12-18H2,1-2H3,(H,22,23)(H,24,25);;/q;+1;-1/b11-10-;;/t19-;;/m0../s1. The molecule has 0 aliphatic carbocycles. The van der Waals surface area contributed by atoms with Crippen LogP contribution in [0.25, 0.3) is 0 Å². The molecule has 4 nitrogen and oxygen atoms in total. The van der Waals surface area contributed by atoms with Crippen LogP contribution in [0.15, 0.2) is 12.2 Å². The summed E-state index contributed by atoms with van der Waals surface area (Å²) >= 11 is 0. The van der Waals surface area contributed by atoms with E-state index in [0.717, 1.165) is 25.7 Å². The third kappa shape index (κ3) is 20.0. The molecule has 5 heteroatoms. The number of carboxylic acids is 1. The Morgan fingerprint density at radius 3 is 1.85 bits per heavy atom. The van der Waals surface area contributed by atoms with Gasteiger partial charge in [0.2, 0.25) is 5.91 Å². The van der Waals surface area contributed by atoms with Crippen LogP contribution in [0, 0.1) is 0 Å². The smallest absolute Gasteiger partial charge is 1.00 e. The fraction of sp³-hybridized carbons (Fsp3) is 0.810. The molecule has 0 aromatic heterocycles. The number of allylic oxidation sites excluding steroid dienone is 2. The summed E-state index contributed by atoms with van der Waals surface area (Å²) in [5.41, 5.74) is 0. The summed E-state index contributed by atoms with van der Waals surface area (Å²) in [4.78, 5) is 22.1. The summed E-state index contributed by atoms with van der Waals surface area (Å²) in [6.07, 6.45) is 21.0. The first-order chi connectivity index (χ1) is 12.1. The predicted molar refractivity (Wildman–Crippen MR) is 106 cm³/mol. The summed E-state index contributed by atoms with van der Waals surface area (Å²) in [6, 6.07) is -0.796. The van der Waals surface area contributed by atoms with Gasteiger partial charge in [-0.2, -0.15) is 0 Å². The molecule has 0 saturated heterocycles. The van der Waals surface area contributed by atoms with Crippen molar-refractivity contribution in [3.8, 4) is 0 Å². The maximum atomic E-state index is 11.5. The molecule has 0 fully saturated rings. The second-order valence-electron chi connectivity index (χ2n) is 6.96. The van der Waals surface area contributed by atoms with Crippen LogP contribution in [0.4, 0.5) is 0 Å². The number of nitrogens with one attached hydrogen (secondary N) is 1. The van der Waals surface area contributed by atoms with E-state index in [1.54, 1.807) is 0 Å². The van der Waals surface area contributed by atoms with Gasteiger partial charge in [-0.3, -0.25) is 9.59 Å². The zero-order chi connectivity index (χ0) is 18.8. The molecule has 0 spiro atoms. The van der Waals surface area contributed by atoms with Crippen LogP contribution in [-0.2, 0) is 9.59 Å². The molecule has 2 N–H and O–H groups in total. The van der Waals surface area contributed by atoms with E-state index in [4.69, 9.17) is 5.11 Å². The maximum absolute atomic E-state index is 11.5. The molecule has 1 amide bonds. The molecule has 0 bridgehead atoms. The molecular formula is C21H40NNaO3. The number of aliphatic carboxylic acids is 1. The van der Waals surface area contributed by atoms with E-state index in [1.165, 1.54) is 64.7 Å². The summed E-state index contributed by atoms with van der Waals surface area (Å²) in [5, 5.41) is 11.2. The molecular weight excluding hydrogens is 337 g/mol. The van der Waals surface area contributed by atoms with Crippen LogP contribution in [0.5, 0.6) is 0 Å². The molecule has 1 atom stereocenters. The van der Waals surface area contributed by atoms with Crippen molar-refractivity contribution in [2.24, 2.45) is 0 Å². The predicted octanol–water partition coefficient (Wildman–Crippen LogP) is 2.73. The Kier molecular flexibility index (Phi) is 22.5. The van der Waals surface area contributed by atoms with Gasteiger partial charge in [-0.05, 0) is 39.0 Å². The molecule has 0 aromatic rings. The van der Waals surface area contributed by atoms with Gasteiger partial charge in [-0.25, -0.2) is 0 Å². The van der Waals surface area contributed by atoms with Crippen LogP contribution in [-0.4, -0.2) is 23.0 Å². The first kappa shape index (κ1) is 27.9. The van der Waals surface area contributed by atoms with Crippen molar-refractivity contribution in [3.63, 3.8) is 0 Å². The van der Waals surface area contributed by atoms with Crippen molar-refractivity contribution in [3.05, 3.63) is 12.2 Å². The van der Waals surface area contributed by atoms with Gasteiger partial charge in [0.05, 0.1) is 0 Å². The summed E-state index contributed by atoms with van der Waals surface area (Å²) in [6.45, 7) is 3.74. The van der Waals surface area contributed by atoms with E-state index >= 15 is 0 Å². The molecule has 0 aliphatic heterocycles. The average molecular weight is 378 g/mol. The minimum absolute atomic E-state index is 0. The second kappa shape index (κ2) is 21.0. The Labute approximate surface area is 184 Å². The number of amides is 1. The number of hydrogen-bond donors (Lipinski definition) is 2. The number of hydrogen-bond acceptors (Lipinski definition) is 2. The third-order valence-electron chi connectivity index (χ3n) is 4.41. The summed E-state index contributed by atoms with van der Waals surface area (Å²) in [5.74, 6) is -1.15. The van der Waals surface area contributed by atoms with Crippen LogP contribution in [0.1, 0.15) is 105 Å². The Morgan fingerprint density at radius 1 is 0.885 bits per heavy atom. The van der Waals surface area contributed by atoms with E-state index in [1.807, 2.05) is 0 Å². The maximum Gasteiger partial charge on any atom is 1.00 e. The molecule has 0 unspecified atom stereocenters. The quantitative estimate of drug-likeness (QED) is 0.233. The molecule has 0 rings (SSSR count). The van der Waals surface area contributed by atoms with Crippen molar-refractivity contribution in [2.45, 2.75) is 110 Å². The number of unbranched alkanes of at least 4 members (excludes halogenated alkanes) is 11. The van der Waals surface area contributed by atoms with Crippen LogP contribution in [0.2, 0.25) is 0 Å². The van der Waals surface area contributed by atoms with Gasteiger partial charge < -0.3 is 11.8 Å². The molecule has 0 saturated carbocycles. The van der Waals surface area contributed by atoms with Crippen molar-refractivity contribution >= 4 is 11.9 Å². The van der Waals surface area contributed by atoms with E-state index in [2.05, 4.69) is 24.4 Å². The third-order valence-corrected chi connectivity index (χ3v) is 4.41. The SMILES string of the molecule is CCCCCCCC/C=C\CCCCCCCC(=O)N[C@@H](C)C(=O)O.[H-].[Na+]. The van der Waals surface area contributed by atoms with E-state index in [-0.39, 0.29) is 36.9 Å². The number of carbonyl (C=O) groups excluding carboxylic acids is 1. The fourth-order valence-electron chi connectivity index (χ4n) is 2.73. The molecule has 0 heterocycles. The number of carboxylic acid groups (broad SMARTS) is 1. The molecule has 0 aromatic carbocycles. The van der Waals surface area contributed by atoms with Gasteiger partial charge in [0, 0.05) is 6.42 Å². The Morgan fingerprint density at radius 2 is 1.35 bits per heavy atom. The first-order valence-electron chi connectivity index (χ1n) is 10.2. The molecule has 0 radical (unpaired) electrons. The van der Waals surface area contributed by atoms with Crippen molar-refractivity contribution in [1.29, 1.82) is 0 Å². The van der Waals surface area contributed by atoms with Crippen molar-refractivity contribution in [2.75, 3.05) is 0 Å². The molecule has 0 aliphatic rings. The minimum Gasteiger partial charge on any atom is -1.00 e. The van der Waals surface area contributed by atoms with Crippen LogP contribution in [0.3, 0.4) is 0 Å². The fourth-order valence-corrected chi connectivity index (χ4v) is 2.73. The average Bonchev–Trinajstić information content (AvgIpc) is 2.58. The van der Waals surface area contributed by atoms with Crippen LogP contribution >= 0.6 is 0 Å². The van der Waals surface area contributed by atoms with Gasteiger partial charge in [0.1, 0.15) is 6.04 Å². The van der Waals surface area contributed by atoms with Crippen molar-refractivity contribution in [1.82, 2.24) is 5.32 Å².